The Hall–Kier alpha value is -3.00. The first-order valence-electron chi connectivity index (χ1n) is 8.95. The molecular formula is C19H21ClN6O2. The Bertz CT molecular complexity index is 1060. The van der Waals surface area contributed by atoms with Crippen LogP contribution in [0.2, 0.25) is 5.02 Å². The summed E-state index contributed by atoms with van der Waals surface area (Å²) in [6.45, 7) is 8.72. The highest BCUT2D eigenvalue weighted by molar-refractivity contribution is 6.34. The van der Waals surface area contributed by atoms with Crippen LogP contribution in [0, 0.1) is 13.8 Å². The number of rotatable bonds is 5. The fraction of sp³-hybridized carbons (Fsp3) is 0.316. The molecule has 28 heavy (non-hydrogen) atoms. The van der Waals surface area contributed by atoms with Gasteiger partial charge in [-0.1, -0.05) is 11.6 Å². The summed E-state index contributed by atoms with van der Waals surface area (Å²) in [6, 6.07) is 6.63. The second-order valence-corrected chi connectivity index (χ2v) is 6.72. The quantitative estimate of drug-likeness (QED) is 0.710. The second kappa shape index (κ2) is 7.93. The van der Waals surface area contributed by atoms with Crippen molar-refractivity contribution in [2.24, 2.45) is 0 Å². The van der Waals surface area contributed by atoms with Crippen LogP contribution in [0.1, 0.15) is 46.2 Å². The van der Waals surface area contributed by atoms with Gasteiger partial charge in [-0.25, -0.2) is 9.50 Å². The van der Waals surface area contributed by atoms with E-state index in [0.29, 0.717) is 30.1 Å². The number of hydrogen-bond acceptors (Lipinski definition) is 5. The Kier molecular flexibility index (Phi) is 5.60. The Morgan fingerprint density at radius 2 is 1.86 bits per heavy atom. The van der Waals surface area contributed by atoms with Crippen molar-refractivity contribution in [2.45, 2.75) is 27.7 Å². The molecule has 146 valence electrons. The van der Waals surface area contributed by atoms with E-state index in [0.717, 1.165) is 11.4 Å². The van der Waals surface area contributed by atoms with Crippen molar-refractivity contribution < 1.29 is 9.59 Å². The smallest absolute Gasteiger partial charge is 0.295 e. The van der Waals surface area contributed by atoms with E-state index < -0.39 is 5.91 Å². The largest absolute Gasteiger partial charge is 0.339 e. The van der Waals surface area contributed by atoms with E-state index in [1.165, 1.54) is 4.52 Å². The van der Waals surface area contributed by atoms with Crippen LogP contribution in [0.3, 0.4) is 0 Å². The van der Waals surface area contributed by atoms with Crippen LogP contribution in [-0.2, 0) is 0 Å². The number of halogens is 1. The number of anilines is 1. The van der Waals surface area contributed by atoms with Crippen molar-refractivity contribution in [3.05, 3.63) is 52.1 Å². The summed E-state index contributed by atoms with van der Waals surface area (Å²) in [4.78, 5) is 35.1. The Balaban J connectivity index is 1.82. The van der Waals surface area contributed by atoms with Crippen molar-refractivity contribution >= 4 is 34.9 Å². The Labute approximate surface area is 167 Å². The second-order valence-electron chi connectivity index (χ2n) is 6.31. The molecule has 9 heteroatoms. The molecule has 2 amide bonds. The predicted molar refractivity (Wildman–Crippen MR) is 107 cm³/mol. The van der Waals surface area contributed by atoms with Crippen LogP contribution in [0.5, 0.6) is 0 Å². The molecule has 0 bridgehead atoms. The van der Waals surface area contributed by atoms with Gasteiger partial charge in [-0.05, 0) is 52.0 Å². The first-order valence-corrected chi connectivity index (χ1v) is 9.33. The maximum absolute atomic E-state index is 12.5. The number of carbonyl (C=O) groups excluding carboxylic acids is 2. The van der Waals surface area contributed by atoms with Crippen molar-refractivity contribution in [2.75, 3.05) is 18.4 Å². The first kappa shape index (κ1) is 19.8. The molecule has 1 aromatic carbocycles. The molecule has 0 atom stereocenters. The van der Waals surface area contributed by atoms with Gasteiger partial charge < -0.3 is 10.2 Å². The Morgan fingerprint density at radius 1 is 1.14 bits per heavy atom. The maximum atomic E-state index is 12.5. The number of aromatic nitrogens is 4. The molecule has 0 saturated carbocycles. The number of nitrogens with one attached hydrogen (secondary N) is 1. The molecule has 2 heterocycles. The van der Waals surface area contributed by atoms with Gasteiger partial charge in [-0.2, -0.15) is 4.98 Å². The fourth-order valence-electron chi connectivity index (χ4n) is 2.90. The van der Waals surface area contributed by atoms with E-state index in [9.17, 15) is 9.59 Å². The third kappa shape index (κ3) is 3.82. The number of aryl methyl sites for hydroxylation is 2. The lowest BCUT2D eigenvalue weighted by Crippen LogP contribution is -2.30. The lowest BCUT2D eigenvalue weighted by molar-refractivity contribution is 0.0773. The molecule has 0 radical (unpaired) electrons. The molecule has 0 fully saturated rings. The zero-order chi connectivity index (χ0) is 20.4. The number of hydrogen-bond donors (Lipinski definition) is 1. The molecule has 1 N–H and O–H groups in total. The third-order valence-electron chi connectivity index (χ3n) is 4.33. The van der Waals surface area contributed by atoms with Crippen molar-refractivity contribution in [1.29, 1.82) is 0 Å². The zero-order valence-corrected chi connectivity index (χ0v) is 16.9. The van der Waals surface area contributed by atoms with Gasteiger partial charge in [-0.15, -0.1) is 5.10 Å². The maximum Gasteiger partial charge on any atom is 0.295 e. The van der Waals surface area contributed by atoms with Crippen LogP contribution in [-0.4, -0.2) is 49.4 Å². The van der Waals surface area contributed by atoms with Gasteiger partial charge in [0, 0.05) is 30.2 Å². The lowest BCUT2D eigenvalue weighted by atomic mass is 10.1. The van der Waals surface area contributed by atoms with E-state index in [1.54, 1.807) is 23.1 Å². The molecule has 2 aromatic heterocycles. The number of fused-ring (bicyclic) bond motifs is 1. The van der Waals surface area contributed by atoms with Gasteiger partial charge >= 0.3 is 0 Å². The van der Waals surface area contributed by atoms with E-state index in [2.05, 4.69) is 20.4 Å². The number of benzene rings is 1. The fourth-order valence-corrected chi connectivity index (χ4v) is 3.16. The van der Waals surface area contributed by atoms with Gasteiger partial charge in [0.2, 0.25) is 5.82 Å². The molecule has 8 nitrogen and oxygen atoms in total. The van der Waals surface area contributed by atoms with Crippen molar-refractivity contribution in [3.8, 4) is 0 Å². The highest BCUT2D eigenvalue weighted by Crippen LogP contribution is 2.23. The summed E-state index contributed by atoms with van der Waals surface area (Å²) in [5.41, 5.74) is 2.47. The highest BCUT2D eigenvalue weighted by atomic mass is 35.5. The van der Waals surface area contributed by atoms with Gasteiger partial charge in [0.05, 0.1) is 10.6 Å². The average Bonchev–Trinajstić information content (AvgIpc) is 3.07. The van der Waals surface area contributed by atoms with Crippen molar-refractivity contribution in [1.82, 2.24) is 24.5 Å². The summed E-state index contributed by atoms with van der Waals surface area (Å²) < 4.78 is 1.51. The molecular weight excluding hydrogens is 380 g/mol. The number of nitrogens with zero attached hydrogens (tertiary/aromatic N) is 5. The highest BCUT2D eigenvalue weighted by Gasteiger charge is 2.18. The summed E-state index contributed by atoms with van der Waals surface area (Å²) >= 11 is 6.27. The summed E-state index contributed by atoms with van der Waals surface area (Å²) in [6.07, 6.45) is 0. The van der Waals surface area contributed by atoms with Crippen LogP contribution >= 0.6 is 11.6 Å². The minimum Gasteiger partial charge on any atom is -0.339 e. The number of amides is 2. The molecule has 0 saturated heterocycles. The Morgan fingerprint density at radius 3 is 2.50 bits per heavy atom. The molecule has 0 aliphatic carbocycles. The van der Waals surface area contributed by atoms with Crippen LogP contribution in [0.25, 0.3) is 5.78 Å². The minimum atomic E-state index is -0.485. The standard InChI is InChI=1S/C19H21ClN6O2/c1-5-25(6-2)18(28)14-8-7-13(10-15(14)20)22-17(27)16-23-19-21-11(3)9-12(4)26(19)24-16/h7-10H,5-6H2,1-4H3,(H,22,27). The van der Waals surface area contributed by atoms with E-state index in [1.807, 2.05) is 33.8 Å². The van der Waals surface area contributed by atoms with E-state index in [4.69, 9.17) is 11.6 Å². The lowest BCUT2D eigenvalue weighted by Gasteiger charge is -2.19. The molecule has 0 aliphatic rings. The summed E-state index contributed by atoms with van der Waals surface area (Å²) in [7, 11) is 0. The SMILES string of the molecule is CCN(CC)C(=O)c1ccc(NC(=O)c2nc3nc(C)cc(C)n3n2)cc1Cl. The monoisotopic (exact) mass is 400 g/mol. The molecule has 0 aliphatic heterocycles. The zero-order valence-electron chi connectivity index (χ0n) is 16.2. The molecule has 3 rings (SSSR count). The van der Waals surface area contributed by atoms with Crippen molar-refractivity contribution in [3.63, 3.8) is 0 Å². The normalized spacial score (nSPS) is 10.9. The predicted octanol–water partition coefficient (Wildman–Crippen LogP) is 3.13. The van der Waals surface area contributed by atoms with Gasteiger partial charge in [-0.3, -0.25) is 9.59 Å². The number of carbonyl (C=O) groups is 2. The average molecular weight is 401 g/mol. The molecule has 0 unspecified atom stereocenters. The summed E-state index contributed by atoms with van der Waals surface area (Å²) in [5.74, 6) is -0.269. The van der Waals surface area contributed by atoms with Crippen LogP contribution in [0.4, 0.5) is 5.69 Å². The third-order valence-corrected chi connectivity index (χ3v) is 4.64. The topological polar surface area (TPSA) is 92.5 Å². The minimum absolute atomic E-state index is 0.000571. The van der Waals surface area contributed by atoms with E-state index >= 15 is 0 Å². The first-order chi connectivity index (χ1) is 13.3. The van der Waals surface area contributed by atoms with Gasteiger partial charge in [0.15, 0.2) is 0 Å². The summed E-state index contributed by atoms with van der Waals surface area (Å²) in [5, 5.41) is 7.17. The van der Waals surface area contributed by atoms with Crippen LogP contribution in [0.15, 0.2) is 24.3 Å². The molecule has 0 spiro atoms. The van der Waals surface area contributed by atoms with Gasteiger partial charge in [0.25, 0.3) is 17.6 Å². The molecule has 3 aromatic rings. The van der Waals surface area contributed by atoms with Gasteiger partial charge in [0.1, 0.15) is 0 Å². The van der Waals surface area contributed by atoms with Crippen LogP contribution < -0.4 is 5.32 Å². The van der Waals surface area contributed by atoms with E-state index in [-0.39, 0.29) is 16.8 Å².